The van der Waals surface area contributed by atoms with Crippen LogP contribution in [0.1, 0.15) is 12.8 Å². The third-order valence-corrected chi connectivity index (χ3v) is 6.32. The van der Waals surface area contributed by atoms with Crippen molar-refractivity contribution in [2.75, 3.05) is 36.1 Å². The van der Waals surface area contributed by atoms with Gasteiger partial charge in [-0.3, -0.25) is 0 Å². The minimum atomic E-state index is 0. The van der Waals surface area contributed by atoms with E-state index in [2.05, 4.69) is 0 Å². The van der Waals surface area contributed by atoms with E-state index in [0.717, 1.165) is 24.6 Å². The van der Waals surface area contributed by atoms with Crippen molar-refractivity contribution in [1.82, 2.24) is 0 Å². The normalized spacial score (nSPS) is 9.38. The Labute approximate surface area is 128 Å². The molecule has 0 aliphatic rings. The maximum absolute atomic E-state index is 5.39. The Morgan fingerprint density at radius 2 is 0.875 bits per heavy atom. The van der Waals surface area contributed by atoms with E-state index >= 15 is 0 Å². The fourth-order valence-corrected chi connectivity index (χ4v) is 4.66. The molecule has 0 saturated carbocycles. The quantitative estimate of drug-likeness (QED) is 0.443. The summed E-state index contributed by atoms with van der Waals surface area (Å²) in [6.45, 7) is 1.59. The van der Waals surface area contributed by atoms with Gasteiger partial charge in [-0.2, -0.15) is 0 Å². The molecular formula is C8H22Cl2N2S4. The van der Waals surface area contributed by atoms with E-state index in [1.807, 2.05) is 43.2 Å². The van der Waals surface area contributed by atoms with Gasteiger partial charge >= 0.3 is 0 Å². The molecule has 0 aromatic carbocycles. The maximum Gasteiger partial charge on any atom is 0.0160 e. The van der Waals surface area contributed by atoms with Crippen LogP contribution < -0.4 is 11.5 Å². The van der Waals surface area contributed by atoms with Crippen molar-refractivity contribution in [2.24, 2.45) is 11.5 Å². The van der Waals surface area contributed by atoms with Gasteiger partial charge in [0, 0.05) is 36.1 Å². The predicted molar refractivity (Wildman–Crippen MR) is 91.7 cm³/mol. The lowest BCUT2D eigenvalue weighted by Gasteiger charge is -2.00. The Morgan fingerprint density at radius 1 is 0.562 bits per heavy atom. The van der Waals surface area contributed by atoms with E-state index in [1.165, 1.54) is 24.3 Å². The van der Waals surface area contributed by atoms with Crippen molar-refractivity contribution in [3.63, 3.8) is 0 Å². The molecule has 0 atom stereocenters. The Morgan fingerprint density at radius 3 is 1.19 bits per heavy atom. The standard InChI is InChI=1S/C8H20N2S4.2ClH/c9-3-7-13-11-5-1-2-6-12-14-8-4-10;;/h1-10H2;2*1H. The summed E-state index contributed by atoms with van der Waals surface area (Å²) >= 11 is 0. The number of rotatable bonds is 11. The first-order chi connectivity index (χ1) is 6.91. The van der Waals surface area contributed by atoms with Gasteiger partial charge in [0.05, 0.1) is 0 Å². The average molecular weight is 345 g/mol. The third kappa shape index (κ3) is 21.2. The molecule has 8 heteroatoms. The molecule has 0 bridgehead atoms. The lowest BCUT2D eigenvalue weighted by atomic mass is 10.4. The van der Waals surface area contributed by atoms with Crippen molar-refractivity contribution in [3.8, 4) is 0 Å². The lowest BCUT2D eigenvalue weighted by molar-refractivity contribution is 0.911. The largest absolute Gasteiger partial charge is 0.330 e. The molecule has 0 unspecified atom stereocenters. The summed E-state index contributed by atoms with van der Waals surface area (Å²) in [7, 11) is 7.67. The first-order valence-electron chi connectivity index (χ1n) is 4.80. The van der Waals surface area contributed by atoms with Gasteiger partial charge < -0.3 is 11.5 Å². The van der Waals surface area contributed by atoms with E-state index in [4.69, 9.17) is 11.5 Å². The van der Waals surface area contributed by atoms with Crippen LogP contribution in [0.3, 0.4) is 0 Å². The molecule has 0 aromatic heterocycles. The molecule has 0 aromatic rings. The Hall–Kier alpha value is 1.90. The summed E-state index contributed by atoms with van der Waals surface area (Å²) in [6.07, 6.45) is 2.64. The lowest BCUT2D eigenvalue weighted by Crippen LogP contribution is -2.00. The Balaban J connectivity index is -0.000000845. The first-order valence-corrected chi connectivity index (χ1v) is 9.78. The van der Waals surface area contributed by atoms with E-state index in [1.54, 1.807) is 0 Å². The molecule has 0 heterocycles. The summed E-state index contributed by atoms with van der Waals surface area (Å²) in [6, 6.07) is 0. The second-order valence-corrected chi connectivity index (χ2v) is 7.98. The van der Waals surface area contributed by atoms with Crippen molar-refractivity contribution >= 4 is 68.0 Å². The Kier molecular flexibility index (Phi) is 31.8. The monoisotopic (exact) mass is 344 g/mol. The van der Waals surface area contributed by atoms with Crippen molar-refractivity contribution in [2.45, 2.75) is 12.8 Å². The molecule has 0 rings (SSSR count). The second kappa shape index (κ2) is 22.1. The number of nitrogens with two attached hydrogens (primary N) is 2. The third-order valence-electron chi connectivity index (χ3n) is 1.27. The van der Waals surface area contributed by atoms with Crippen molar-refractivity contribution in [1.29, 1.82) is 0 Å². The Bertz CT molecular complexity index is 102. The highest BCUT2D eigenvalue weighted by molar-refractivity contribution is 8.77. The number of unbranched alkanes of at least 4 members (excludes halogenated alkanes) is 1. The van der Waals surface area contributed by atoms with Crippen LogP contribution in [0.4, 0.5) is 0 Å². The fraction of sp³-hybridized carbons (Fsp3) is 1.00. The second-order valence-electron chi connectivity index (χ2n) is 2.57. The maximum atomic E-state index is 5.39. The molecule has 0 fully saturated rings. The zero-order valence-electron chi connectivity index (χ0n) is 9.26. The average Bonchev–Trinajstić information content (AvgIpc) is 2.21. The van der Waals surface area contributed by atoms with E-state index in [0.29, 0.717) is 0 Å². The molecule has 0 amide bonds. The van der Waals surface area contributed by atoms with Gasteiger partial charge in [0.2, 0.25) is 0 Å². The van der Waals surface area contributed by atoms with E-state index in [-0.39, 0.29) is 24.8 Å². The van der Waals surface area contributed by atoms with Crippen LogP contribution in [-0.2, 0) is 0 Å². The van der Waals surface area contributed by atoms with Crippen molar-refractivity contribution in [3.05, 3.63) is 0 Å². The molecule has 4 N–H and O–H groups in total. The first kappa shape index (κ1) is 23.0. The van der Waals surface area contributed by atoms with Crippen LogP contribution in [0.25, 0.3) is 0 Å². The molecule has 16 heavy (non-hydrogen) atoms. The molecule has 0 saturated heterocycles. The fourth-order valence-electron chi connectivity index (χ4n) is 0.654. The van der Waals surface area contributed by atoms with Gasteiger partial charge in [0.15, 0.2) is 0 Å². The molecule has 0 radical (unpaired) electrons. The molecular weight excluding hydrogens is 323 g/mol. The van der Waals surface area contributed by atoms with Gasteiger partial charge in [-0.25, -0.2) is 0 Å². The summed E-state index contributed by atoms with van der Waals surface area (Å²) in [4.78, 5) is 0. The SMILES string of the molecule is Cl.Cl.NCCSSCCCCSSCCN. The van der Waals surface area contributed by atoms with Crippen LogP contribution in [0.5, 0.6) is 0 Å². The molecule has 102 valence electrons. The highest BCUT2D eigenvalue weighted by Crippen LogP contribution is 2.24. The summed E-state index contributed by atoms with van der Waals surface area (Å²) in [5.41, 5.74) is 10.8. The van der Waals surface area contributed by atoms with Crippen LogP contribution in [-0.4, -0.2) is 36.1 Å². The van der Waals surface area contributed by atoms with Crippen molar-refractivity contribution < 1.29 is 0 Å². The van der Waals surface area contributed by atoms with Gasteiger partial charge in [0.25, 0.3) is 0 Å². The van der Waals surface area contributed by atoms with Gasteiger partial charge in [0.1, 0.15) is 0 Å². The summed E-state index contributed by atoms with van der Waals surface area (Å²) < 4.78 is 0. The molecule has 2 nitrogen and oxygen atoms in total. The summed E-state index contributed by atoms with van der Waals surface area (Å²) in [5.74, 6) is 4.66. The van der Waals surface area contributed by atoms with E-state index in [9.17, 15) is 0 Å². The highest BCUT2D eigenvalue weighted by atomic mass is 35.5. The van der Waals surface area contributed by atoms with Crippen LogP contribution in [0.15, 0.2) is 0 Å². The zero-order chi connectivity index (χ0) is 10.5. The van der Waals surface area contributed by atoms with Gasteiger partial charge in [-0.15, -0.1) is 24.8 Å². The molecule has 0 aliphatic carbocycles. The van der Waals surface area contributed by atoms with Crippen LogP contribution in [0, 0.1) is 0 Å². The molecule has 0 aliphatic heterocycles. The number of halogens is 2. The van der Waals surface area contributed by atoms with E-state index < -0.39 is 0 Å². The van der Waals surface area contributed by atoms with Gasteiger partial charge in [-0.1, -0.05) is 43.2 Å². The molecule has 0 spiro atoms. The topological polar surface area (TPSA) is 52.0 Å². The van der Waals surface area contributed by atoms with Crippen LogP contribution >= 0.6 is 68.0 Å². The van der Waals surface area contributed by atoms with Crippen LogP contribution in [0.2, 0.25) is 0 Å². The number of hydrogen-bond acceptors (Lipinski definition) is 6. The number of hydrogen-bond donors (Lipinski definition) is 2. The zero-order valence-corrected chi connectivity index (χ0v) is 14.2. The summed E-state index contributed by atoms with van der Waals surface area (Å²) in [5, 5.41) is 0. The predicted octanol–water partition coefficient (Wildman–Crippen LogP) is 3.29. The van der Waals surface area contributed by atoms with Gasteiger partial charge in [-0.05, 0) is 12.8 Å². The minimum absolute atomic E-state index is 0. The highest BCUT2D eigenvalue weighted by Gasteiger charge is 1.92. The smallest absolute Gasteiger partial charge is 0.0160 e. The minimum Gasteiger partial charge on any atom is -0.330 e.